The van der Waals surface area contributed by atoms with E-state index in [0.29, 0.717) is 18.6 Å². The summed E-state index contributed by atoms with van der Waals surface area (Å²) >= 11 is 0. The number of aliphatic imine (C=N–C) groups is 1. The van der Waals surface area contributed by atoms with Crippen molar-refractivity contribution < 1.29 is 0 Å². The molecule has 0 heterocycles. The zero-order valence-electron chi connectivity index (χ0n) is 13.1. The third-order valence-electron chi connectivity index (χ3n) is 4.77. The normalized spacial score (nSPS) is 22.6. The molecule has 0 aromatic rings. The Morgan fingerprint density at radius 3 is 2.30 bits per heavy atom. The molecular formula is C17H31N3. The summed E-state index contributed by atoms with van der Waals surface area (Å²) in [7, 11) is 2.22. The lowest BCUT2D eigenvalue weighted by atomic mass is 9.94. The molecule has 2 aliphatic rings. The van der Waals surface area contributed by atoms with Gasteiger partial charge in [0.1, 0.15) is 0 Å². The molecule has 0 amide bonds. The zero-order valence-corrected chi connectivity index (χ0v) is 13.1. The van der Waals surface area contributed by atoms with Gasteiger partial charge in [-0.05, 0) is 25.7 Å². The molecule has 20 heavy (non-hydrogen) atoms. The molecule has 0 bridgehead atoms. The molecule has 2 fully saturated rings. The molecule has 0 aromatic carbocycles. The van der Waals surface area contributed by atoms with Gasteiger partial charge in [-0.2, -0.15) is 0 Å². The second-order valence-corrected chi connectivity index (χ2v) is 6.33. The van der Waals surface area contributed by atoms with Crippen molar-refractivity contribution in [3.05, 3.63) is 12.7 Å². The van der Waals surface area contributed by atoms with Crippen LogP contribution in [0.4, 0.5) is 0 Å². The first-order chi connectivity index (χ1) is 9.81. The van der Waals surface area contributed by atoms with Gasteiger partial charge in [-0.1, -0.05) is 44.6 Å². The fourth-order valence-corrected chi connectivity index (χ4v) is 3.48. The number of hydrogen-bond donors (Lipinski definition) is 1. The Labute approximate surface area is 124 Å². The molecule has 2 rings (SSSR count). The van der Waals surface area contributed by atoms with Crippen LogP contribution in [0.2, 0.25) is 0 Å². The topological polar surface area (TPSA) is 27.6 Å². The molecule has 0 aromatic heterocycles. The van der Waals surface area contributed by atoms with Crippen LogP contribution in [-0.2, 0) is 0 Å². The molecule has 0 spiro atoms. The minimum Gasteiger partial charge on any atom is -0.353 e. The van der Waals surface area contributed by atoms with Crippen LogP contribution in [0.3, 0.4) is 0 Å². The molecule has 114 valence electrons. The molecule has 0 atom stereocenters. The Bertz CT molecular complexity index is 312. The summed E-state index contributed by atoms with van der Waals surface area (Å²) < 4.78 is 0. The minimum absolute atomic E-state index is 0.623. The summed E-state index contributed by atoms with van der Waals surface area (Å²) in [6.07, 6.45) is 15.4. The van der Waals surface area contributed by atoms with Gasteiger partial charge in [0.25, 0.3) is 0 Å². The fraction of sp³-hybridized carbons (Fsp3) is 0.824. The average Bonchev–Trinajstić information content (AvgIpc) is 2.52. The SMILES string of the molecule is C=CCN=C(NC1CCCCC1)N(C)C1CCCCC1. The van der Waals surface area contributed by atoms with E-state index in [4.69, 9.17) is 4.99 Å². The van der Waals surface area contributed by atoms with Gasteiger partial charge < -0.3 is 10.2 Å². The lowest BCUT2D eigenvalue weighted by Gasteiger charge is -2.36. The molecule has 1 N–H and O–H groups in total. The molecule has 3 nitrogen and oxygen atoms in total. The third-order valence-corrected chi connectivity index (χ3v) is 4.77. The van der Waals surface area contributed by atoms with Crippen molar-refractivity contribution in [2.24, 2.45) is 4.99 Å². The van der Waals surface area contributed by atoms with Crippen LogP contribution in [0.5, 0.6) is 0 Å². The minimum atomic E-state index is 0.623. The van der Waals surface area contributed by atoms with Crippen LogP contribution in [0.15, 0.2) is 17.6 Å². The number of hydrogen-bond acceptors (Lipinski definition) is 1. The first-order valence-corrected chi connectivity index (χ1v) is 8.46. The highest BCUT2D eigenvalue weighted by atomic mass is 15.3. The van der Waals surface area contributed by atoms with Gasteiger partial charge in [0, 0.05) is 19.1 Å². The monoisotopic (exact) mass is 277 g/mol. The van der Waals surface area contributed by atoms with Crippen molar-refractivity contribution >= 4 is 5.96 Å². The van der Waals surface area contributed by atoms with Crippen molar-refractivity contribution in [3.8, 4) is 0 Å². The Balaban J connectivity index is 1.95. The van der Waals surface area contributed by atoms with Gasteiger partial charge in [0.05, 0.1) is 6.54 Å². The maximum Gasteiger partial charge on any atom is 0.194 e. The van der Waals surface area contributed by atoms with Crippen molar-refractivity contribution in [2.45, 2.75) is 76.3 Å². The molecule has 0 radical (unpaired) electrons. The van der Waals surface area contributed by atoms with Crippen LogP contribution in [0.1, 0.15) is 64.2 Å². The Morgan fingerprint density at radius 1 is 1.10 bits per heavy atom. The summed E-state index contributed by atoms with van der Waals surface area (Å²) in [5.41, 5.74) is 0. The van der Waals surface area contributed by atoms with E-state index in [9.17, 15) is 0 Å². The molecule has 0 saturated heterocycles. The van der Waals surface area contributed by atoms with E-state index in [0.717, 1.165) is 5.96 Å². The smallest absolute Gasteiger partial charge is 0.194 e. The molecule has 2 aliphatic carbocycles. The van der Waals surface area contributed by atoms with Crippen molar-refractivity contribution in [2.75, 3.05) is 13.6 Å². The Morgan fingerprint density at radius 2 is 1.70 bits per heavy atom. The molecule has 0 aliphatic heterocycles. The van der Waals surface area contributed by atoms with E-state index in [2.05, 4.69) is 23.8 Å². The average molecular weight is 277 g/mol. The number of guanidine groups is 1. The van der Waals surface area contributed by atoms with Crippen LogP contribution in [-0.4, -0.2) is 36.5 Å². The predicted molar refractivity (Wildman–Crippen MR) is 87.1 cm³/mol. The van der Waals surface area contributed by atoms with Gasteiger partial charge in [0.15, 0.2) is 5.96 Å². The summed E-state index contributed by atoms with van der Waals surface area (Å²) in [6.45, 7) is 4.51. The Kier molecular flexibility index (Phi) is 6.41. The number of nitrogens with zero attached hydrogens (tertiary/aromatic N) is 2. The van der Waals surface area contributed by atoms with Crippen molar-refractivity contribution in [3.63, 3.8) is 0 Å². The van der Waals surface area contributed by atoms with Gasteiger partial charge in [-0.3, -0.25) is 0 Å². The maximum atomic E-state index is 4.72. The Hall–Kier alpha value is -0.990. The highest BCUT2D eigenvalue weighted by Gasteiger charge is 2.23. The third kappa shape index (κ3) is 4.53. The fourth-order valence-electron chi connectivity index (χ4n) is 3.48. The van der Waals surface area contributed by atoms with Crippen LogP contribution >= 0.6 is 0 Å². The highest BCUT2D eigenvalue weighted by Crippen LogP contribution is 2.22. The summed E-state index contributed by atoms with van der Waals surface area (Å²) in [5, 5.41) is 3.72. The van der Waals surface area contributed by atoms with Crippen LogP contribution in [0.25, 0.3) is 0 Å². The van der Waals surface area contributed by atoms with Gasteiger partial charge in [-0.25, -0.2) is 4.99 Å². The second kappa shape index (κ2) is 8.33. The van der Waals surface area contributed by atoms with E-state index in [1.54, 1.807) is 0 Å². The first kappa shape index (κ1) is 15.4. The van der Waals surface area contributed by atoms with Crippen LogP contribution in [0, 0.1) is 0 Å². The van der Waals surface area contributed by atoms with Crippen molar-refractivity contribution in [1.82, 2.24) is 10.2 Å². The number of nitrogens with one attached hydrogen (secondary N) is 1. The van der Waals surface area contributed by atoms with E-state index < -0.39 is 0 Å². The summed E-state index contributed by atoms with van der Waals surface area (Å²) in [4.78, 5) is 7.12. The summed E-state index contributed by atoms with van der Waals surface area (Å²) in [5.74, 6) is 1.10. The van der Waals surface area contributed by atoms with Gasteiger partial charge in [0.2, 0.25) is 0 Å². The second-order valence-electron chi connectivity index (χ2n) is 6.33. The van der Waals surface area contributed by atoms with Crippen molar-refractivity contribution in [1.29, 1.82) is 0 Å². The maximum absolute atomic E-state index is 4.72. The molecular weight excluding hydrogens is 246 g/mol. The molecule has 0 unspecified atom stereocenters. The van der Waals surface area contributed by atoms with Gasteiger partial charge >= 0.3 is 0 Å². The lowest BCUT2D eigenvalue weighted by Crippen LogP contribution is -2.49. The van der Waals surface area contributed by atoms with E-state index in [1.807, 2.05) is 6.08 Å². The lowest BCUT2D eigenvalue weighted by molar-refractivity contribution is 0.265. The summed E-state index contributed by atoms with van der Waals surface area (Å²) in [6, 6.07) is 1.29. The molecule has 2 saturated carbocycles. The first-order valence-electron chi connectivity index (χ1n) is 8.46. The highest BCUT2D eigenvalue weighted by molar-refractivity contribution is 5.80. The molecule has 3 heteroatoms. The van der Waals surface area contributed by atoms with E-state index >= 15 is 0 Å². The quantitative estimate of drug-likeness (QED) is 0.482. The largest absolute Gasteiger partial charge is 0.353 e. The van der Waals surface area contributed by atoms with E-state index in [-0.39, 0.29) is 0 Å². The predicted octanol–water partition coefficient (Wildman–Crippen LogP) is 3.72. The van der Waals surface area contributed by atoms with Gasteiger partial charge in [-0.15, -0.1) is 6.58 Å². The van der Waals surface area contributed by atoms with Crippen LogP contribution < -0.4 is 5.32 Å². The van der Waals surface area contributed by atoms with E-state index in [1.165, 1.54) is 64.2 Å². The number of rotatable bonds is 4. The standard InChI is InChI=1S/C17H31N3/c1-3-14-18-17(19-15-10-6-4-7-11-15)20(2)16-12-8-5-9-13-16/h3,15-16H,1,4-14H2,2H3,(H,18,19). The zero-order chi connectivity index (χ0) is 14.2.